The van der Waals surface area contributed by atoms with E-state index in [1.54, 1.807) is 12.1 Å². The predicted molar refractivity (Wildman–Crippen MR) is 112 cm³/mol. The highest BCUT2D eigenvalue weighted by Gasteiger charge is 2.25. The maximum absolute atomic E-state index is 12.9. The van der Waals surface area contributed by atoms with Crippen molar-refractivity contribution >= 4 is 11.6 Å². The minimum Gasteiger partial charge on any atom is -0.489 e. The van der Waals surface area contributed by atoms with Crippen LogP contribution in [0, 0.1) is 0 Å². The number of hydrogen-bond donors (Lipinski definition) is 1. The van der Waals surface area contributed by atoms with Crippen molar-refractivity contribution in [3.63, 3.8) is 0 Å². The molecular weight excluding hydrogens is 390 g/mol. The van der Waals surface area contributed by atoms with Crippen molar-refractivity contribution in [1.82, 2.24) is 5.32 Å². The Morgan fingerprint density at radius 1 is 1.17 bits per heavy atom. The molecule has 3 rings (SSSR count). The van der Waals surface area contributed by atoms with Crippen LogP contribution in [0.25, 0.3) is 0 Å². The number of nitrogens with zero attached hydrogens (tertiary/aromatic N) is 1. The van der Waals surface area contributed by atoms with Gasteiger partial charge in [-0.05, 0) is 48.9 Å². The number of alkyl halides is 2. The zero-order valence-electron chi connectivity index (χ0n) is 17.5. The summed E-state index contributed by atoms with van der Waals surface area (Å²) in [5.74, 6) is -1.68. The summed E-state index contributed by atoms with van der Waals surface area (Å²) in [6.07, 6.45) is 0.961. The second-order valence-electron chi connectivity index (χ2n) is 7.82. The molecule has 1 aliphatic rings. The molecule has 0 unspecified atom stereocenters. The Bertz CT molecular complexity index is 835. The molecule has 5 nitrogen and oxygen atoms in total. The van der Waals surface area contributed by atoms with Gasteiger partial charge in [-0.3, -0.25) is 4.79 Å². The minimum atomic E-state index is -2.85. The van der Waals surface area contributed by atoms with Crippen LogP contribution in [0.3, 0.4) is 0 Å². The van der Waals surface area contributed by atoms with E-state index in [4.69, 9.17) is 9.47 Å². The molecule has 1 fully saturated rings. The highest BCUT2D eigenvalue weighted by atomic mass is 19.3. The summed E-state index contributed by atoms with van der Waals surface area (Å²) < 4.78 is 37.0. The Hall–Kier alpha value is -2.83. The maximum Gasteiger partial charge on any atom is 0.278 e. The van der Waals surface area contributed by atoms with Gasteiger partial charge in [-0.2, -0.15) is 0 Å². The monoisotopic (exact) mass is 418 g/mol. The van der Waals surface area contributed by atoms with Crippen LogP contribution < -0.4 is 19.7 Å². The Labute approximate surface area is 176 Å². The summed E-state index contributed by atoms with van der Waals surface area (Å²) in [7, 11) is 0. The van der Waals surface area contributed by atoms with Gasteiger partial charge in [0.1, 0.15) is 17.6 Å². The number of carbonyl (C=O) groups is 1. The number of carbonyl (C=O) groups excluding carboxylic acids is 1. The molecule has 1 aliphatic heterocycles. The third-order valence-corrected chi connectivity index (χ3v) is 4.94. The summed E-state index contributed by atoms with van der Waals surface area (Å²) in [6.45, 7) is 5.25. The molecule has 0 radical (unpaired) electrons. The number of hydrogen-bond acceptors (Lipinski definition) is 4. The van der Waals surface area contributed by atoms with E-state index in [1.807, 2.05) is 43.3 Å². The van der Waals surface area contributed by atoms with Gasteiger partial charge < -0.3 is 19.7 Å². The minimum absolute atomic E-state index is 0.0472. The van der Waals surface area contributed by atoms with E-state index in [0.29, 0.717) is 5.75 Å². The third kappa shape index (κ3) is 6.34. The fourth-order valence-corrected chi connectivity index (χ4v) is 3.44. The molecule has 2 aromatic rings. The predicted octanol–water partition coefficient (Wildman–Crippen LogP) is 4.58. The second kappa shape index (κ2) is 9.32. The highest BCUT2D eigenvalue weighted by Crippen LogP contribution is 2.27. The number of amides is 1. The SMILES string of the molecule is CC(=O)N[C@@H](C)c1ccc(O[C@@H]2CCN(c3ccc(OCC(C)(F)F)cc3)C2)cc1. The molecular formula is C23H28F2N2O3. The molecule has 0 aliphatic carbocycles. The number of benzene rings is 2. The van der Waals surface area contributed by atoms with Crippen LogP contribution in [0.5, 0.6) is 11.5 Å². The van der Waals surface area contributed by atoms with Gasteiger partial charge in [0.25, 0.3) is 5.92 Å². The molecule has 1 N–H and O–H groups in total. The first-order chi connectivity index (χ1) is 14.2. The van der Waals surface area contributed by atoms with Crippen molar-refractivity contribution in [3.8, 4) is 11.5 Å². The van der Waals surface area contributed by atoms with Crippen LogP contribution in [-0.2, 0) is 4.79 Å². The fourth-order valence-electron chi connectivity index (χ4n) is 3.44. The first-order valence-corrected chi connectivity index (χ1v) is 10.1. The summed E-state index contributed by atoms with van der Waals surface area (Å²) in [5.41, 5.74) is 2.03. The number of anilines is 1. The average molecular weight is 418 g/mol. The van der Waals surface area contributed by atoms with Gasteiger partial charge in [-0.25, -0.2) is 8.78 Å². The zero-order valence-corrected chi connectivity index (χ0v) is 17.5. The number of nitrogens with one attached hydrogen (secondary N) is 1. The standard InChI is InChI=1S/C23H28F2N2O3/c1-16(26-17(2)28)18-4-8-21(9-5-18)30-22-12-13-27(14-22)19-6-10-20(11-7-19)29-15-23(3,24)25/h4-11,16,22H,12-15H2,1-3H3,(H,26,28)/t16-,22+/m0/s1. The van der Waals surface area contributed by atoms with Crippen LogP contribution in [0.1, 0.15) is 38.8 Å². The average Bonchev–Trinajstić information content (AvgIpc) is 3.15. The Morgan fingerprint density at radius 2 is 1.80 bits per heavy atom. The second-order valence-corrected chi connectivity index (χ2v) is 7.82. The van der Waals surface area contributed by atoms with Gasteiger partial charge in [0.2, 0.25) is 5.91 Å². The first kappa shape index (κ1) is 21.9. The van der Waals surface area contributed by atoms with Gasteiger partial charge in [0, 0.05) is 32.5 Å². The summed E-state index contributed by atoms with van der Waals surface area (Å²) >= 11 is 0. The van der Waals surface area contributed by atoms with E-state index < -0.39 is 12.5 Å². The van der Waals surface area contributed by atoms with E-state index in [-0.39, 0.29) is 18.1 Å². The topological polar surface area (TPSA) is 50.8 Å². The molecule has 0 aromatic heterocycles. The maximum atomic E-state index is 12.9. The lowest BCUT2D eigenvalue weighted by atomic mass is 10.1. The van der Waals surface area contributed by atoms with Crippen LogP contribution >= 0.6 is 0 Å². The Morgan fingerprint density at radius 3 is 2.40 bits per heavy atom. The van der Waals surface area contributed by atoms with Crippen molar-refractivity contribution in [2.24, 2.45) is 0 Å². The van der Waals surface area contributed by atoms with E-state index in [1.165, 1.54) is 6.92 Å². The Kier molecular flexibility index (Phi) is 6.80. The van der Waals surface area contributed by atoms with Crippen molar-refractivity contribution < 1.29 is 23.0 Å². The summed E-state index contributed by atoms with van der Waals surface area (Å²) in [6, 6.07) is 14.9. The normalized spacial score (nSPS) is 17.5. The van der Waals surface area contributed by atoms with Crippen molar-refractivity contribution in [3.05, 3.63) is 54.1 Å². The molecule has 1 saturated heterocycles. The molecule has 7 heteroatoms. The van der Waals surface area contributed by atoms with Crippen LogP contribution in [-0.4, -0.2) is 37.6 Å². The molecule has 1 heterocycles. The molecule has 2 atom stereocenters. The highest BCUT2D eigenvalue weighted by molar-refractivity contribution is 5.73. The van der Waals surface area contributed by atoms with Gasteiger partial charge >= 0.3 is 0 Å². The third-order valence-electron chi connectivity index (χ3n) is 4.94. The lowest BCUT2D eigenvalue weighted by Gasteiger charge is -2.20. The molecule has 30 heavy (non-hydrogen) atoms. The lowest BCUT2D eigenvalue weighted by Crippen LogP contribution is -2.25. The molecule has 0 spiro atoms. The molecule has 0 bridgehead atoms. The molecule has 2 aromatic carbocycles. The summed E-state index contributed by atoms with van der Waals surface area (Å²) in [5, 5.41) is 2.86. The largest absolute Gasteiger partial charge is 0.489 e. The van der Waals surface area contributed by atoms with E-state index >= 15 is 0 Å². The fraction of sp³-hybridized carbons (Fsp3) is 0.435. The lowest BCUT2D eigenvalue weighted by molar-refractivity contribution is -0.119. The number of ether oxygens (including phenoxy) is 2. The molecule has 162 valence electrons. The van der Waals surface area contributed by atoms with Gasteiger partial charge in [-0.15, -0.1) is 0 Å². The zero-order chi connectivity index (χ0) is 21.7. The quantitative estimate of drug-likeness (QED) is 0.682. The van der Waals surface area contributed by atoms with Gasteiger partial charge in [0.15, 0.2) is 6.61 Å². The Balaban J connectivity index is 1.51. The summed E-state index contributed by atoms with van der Waals surface area (Å²) in [4.78, 5) is 13.4. The van der Waals surface area contributed by atoms with Crippen molar-refractivity contribution in [2.75, 3.05) is 24.6 Å². The van der Waals surface area contributed by atoms with E-state index in [2.05, 4.69) is 10.2 Å². The first-order valence-electron chi connectivity index (χ1n) is 10.1. The smallest absolute Gasteiger partial charge is 0.278 e. The number of halogens is 2. The van der Waals surface area contributed by atoms with Crippen LogP contribution in [0.4, 0.5) is 14.5 Å². The van der Waals surface area contributed by atoms with Crippen LogP contribution in [0.2, 0.25) is 0 Å². The van der Waals surface area contributed by atoms with Crippen molar-refractivity contribution in [1.29, 1.82) is 0 Å². The molecule has 0 saturated carbocycles. The molecule has 1 amide bonds. The van der Waals surface area contributed by atoms with Gasteiger partial charge in [0.05, 0.1) is 12.6 Å². The van der Waals surface area contributed by atoms with E-state index in [0.717, 1.165) is 43.4 Å². The van der Waals surface area contributed by atoms with Gasteiger partial charge in [-0.1, -0.05) is 12.1 Å². The number of rotatable bonds is 8. The van der Waals surface area contributed by atoms with E-state index in [9.17, 15) is 13.6 Å². The van der Waals surface area contributed by atoms with Crippen LogP contribution in [0.15, 0.2) is 48.5 Å². The van der Waals surface area contributed by atoms with Crippen molar-refractivity contribution in [2.45, 2.75) is 45.3 Å².